The van der Waals surface area contributed by atoms with Gasteiger partial charge in [0.25, 0.3) is 0 Å². The Labute approximate surface area is 95.5 Å². The molecule has 0 aliphatic carbocycles. The summed E-state index contributed by atoms with van der Waals surface area (Å²) in [6.45, 7) is 6.52. The Balaban J connectivity index is 2.54. The van der Waals surface area contributed by atoms with Gasteiger partial charge < -0.3 is 10.6 Å². The number of hydrogen-bond donors (Lipinski definition) is 1. The van der Waals surface area contributed by atoms with Crippen molar-refractivity contribution in [1.29, 1.82) is 0 Å². The summed E-state index contributed by atoms with van der Waals surface area (Å²) in [6.07, 6.45) is 4.81. The van der Waals surface area contributed by atoms with Crippen LogP contribution in [-0.2, 0) is 0 Å². The fourth-order valence-electron chi connectivity index (χ4n) is 1.36. The molecule has 0 saturated carbocycles. The lowest BCUT2D eigenvalue weighted by Crippen LogP contribution is -2.25. The lowest BCUT2D eigenvalue weighted by atomic mass is 10.3. The Morgan fingerprint density at radius 3 is 2.13 bits per heavy atom. The van der Waals surface area contributed by atoms with Crippen LogP contribution in [0, 0.1) is 0 Å². The minimum Gasteiger partial charge on any atom is -0.374 e. The van der Waals surface area contributed by atoms with E-state index in [9.17, 15) is 0 Å². The topological polar surface area (TPSA) is 55.0 Å². The second-order valence-electron chi connectivity index (χ2n) is 3.62. The van der Waals surface area contributed by atoms with Crippen LogP contribution in [0.15, 0.2) is 0 Å². The molecule has 0 aromatic carbocycles. The molecule has 0 aliphatic rings. The zero-order valence-corrected chi connectivity index (χ0v) is 10.4. The number of nitrogen functional groups attached to an aromatic ring is 1. The van der Waals surface area contributed by atoms with E-state index in [-0.39, 0.29) is 0 Å². The highest BCUT2D eigenvalue weighted by atomic mass is 32.1. The maximum Gasteiger partial charge on any atom is 0.209 e. The zero-order valence-electron chi connectivity index (χ0n) is 9.57. The molecule has 0 radical (unpaired) electrons. The van der Waals surface area contributed by atoms with Crippen molar-refractivity contribution in [2.45, 2.75) is 39.5 Å². The maximum absolute atomic E-state index is 5.59. The summed E-state index contributed by atoms with van der Waals surface area (Å²) in [6, 6.07) is 0. The first kappa shape index (κ1) is 12.2. The van der Waals surface area contributed by atoms with Gasteiger partial charge in [0.1, 0.15) is 0 Å². The predicted molar refractivity (Wildman–Crippen MR) is 66.4 cm³/mol. The summed E-state index contributed by atoms with van der Waals surface area (Å²) < 4.78 is 0. The molecule has 0 fully saturated rings. The van der Waals surface area contributed by atoms with Crippen LogP contribution in [0.25, 0.3) is 0 Å². The summed E-state index contributed by atoms with van der Waals surface area (Å²) in [5, 5.41) is 9.48. The SMILES string of the molecule is CCCCN(CCCC)c1nnc(N)s1. The number of rotatable bonds is 7. The molecule has 2 N–H and O–H groups in total. The Bertz CT molecular complexity index is 266. The van der Waals surface area contributed by atoms with Crippen LogP contribution in [-0.4, -0.2) is 23.3 Å². The highest BCUT2D eigenvalue weighted by molar-refractivity contribution is 7.18. The second kappa shape index (κ2) is 6.61. The molecule has 0 aliphatic heterocycles. The Hall–Kier alpha value is -0.840. The third-order valence-corrected chi connectivity index (χ3v) is 3.08. The fraction of sp³-hybridized carbons (Fsp3) is 0.800. The van der Waals surface area contributed by atoms with E-state index >= 15 is 0 Å². The molecule has 0 amide bonds. The van der Waals surface area contributed by atoms with E-state index in [0.717, 1.165) is 18.2 Å². The summed E-state index contributed by atoms with van der Waals surface area (Å²) in [7, 11) is 0. The molecule has 1 heterocycles. The number of nitrogens with two attached hydrogens (primary N) is 1. The Kier molecular flexibility index (Phi) is 5.39. The van der Waals surface area contributed by atoms with Gasteiger partial charge in [0, 0.05) is 13.1 Å². The molecule has 4 nitrogen and oxygen atoms in total. The van der Waals surface area contributed by atoms with Crippen molar-refractivity contribution in [3.63, 3.8) is 0 Å². The van der Waals surface area contributed by atoms with Crippen molar-refractivity contribution >= 4 is 21.6 Å². The van der Waals surface area contributed by atoms with Crippen molar-refractivity contribution in [3.8, 4) is 0 Å². The monoisotopic (exact) mass is 228 g/mol. The van der Waals surface area contributed by atoms with E-state index in [1.807, 2.05) is 0 Å². The van der Waals surface area contributed by atoms with Crippen LogP contribution in [0.5, 0.6) is 0 Å². The van der Waals surface area contributed by atoms with Crippen molar-refractivity contribution in [3.05, 3.63) is 0 Å². The van der Waals surface area contributed by atoms with Gasteiger partial charge in [-0.05, 0) is 12.8 Å². The van der Waals surface area contributed by atoms with Crippen LogP contribution < -0.4 is 10.6 Å². The van der Waals surface area contributed by atoms with E-state index in [4.69, 9.17) is 5.73 Å². The van der Waals surface area contributed by atoms with Crippen molar-refractivity contribution in [2.75, 3.05) is 23.7 Å². The molecule has 15 heavy (non-hydrogen) atoms. The lowest BCUT2D eigenvalue weighted by Gasteiger charge is -2.20. The third kappa shape index (κ3) is 4.03. The van der Waals surface area contributed by atoms with Crippen LogP contribution in [0.3, 0.4) is 0 Å². The number of nitrogens with zero attached hydrogens (tertiary/aromatic N) is 3. The summed E-state index contributed by atoms with van der Waals surface area (Å²) in [5.41, 5.74) is 5.59. The van der Waals surface area contributed by atoms with E-state index in [2.05, 4.69) is 28.9 Å². The van der Waals surface area contributed by atoms with Gasteiger partial charge in [0.2, 0.25) is 10.3 Å². The van der Waals surface area contributed by atoms with Crippen molar-refractivity contribution in [1.82, 2.24) is 10.2 Å². The van der Waals surface area contributed by atoms with Gasteiger partial charge in [-0.15, -0.1) is 10.2 Å². The van der Waals surface area contributed by atoms with Gasteiger partial charge in [-0.25, -0.2) is 0 Å². The predicted octanol–water partition coefficient (Wildman–Crippen LogP) is 2.53. The average molecular weight is 228 g/mol. The van der Waals surface area contributed by atoms with Gasteiger partial charge in [-0.2, -0.15) is 0 Å². The number of aromatic nitrogens is 2. The molecule has 1 aromatic heterocycles. The summed E-state index contributed by atoms with van der Waals surface area (Å²) in [4.78, 5) is 2.29. The molecule has 0 atom stereocenters. The highest BCUT2D eigenvalue weighted by Gasteiger charge is 2.10. The van der Waals surface area contributed by atoms with Crippen LogP contribution in [0.1, 0.15) is 39.5 Å². The first-order valence-corrected chi connectivity index (χ1v) is 6.43. The Morgan fingerprint density at radius 2 is 1.73 bits per heavy atom. The maximum atomic E-state index is 5.59. The second-order valence-corrected chi connectivity index (χ2v) is 4.60. The Morgan fingerprint density at radius 1 is 1.13 bits per heavy atom. The van der Waals surface area contributed by atoms with Crippen LogP contribution >= 0.6 is 11.3 Å². The molecule has 0 spiro atoms. The number of hydrogen-bond acceptors (Lipinski definition) is 5. The first-order valence-electron chi connectivity index (χ1n) is 5.61. The minimum atomic E-state index is 0.558. The van der Waals surface area contributed by atoms with E-state index in [0.29, 0.717) is 5.13 Å². The van der Waals surface area contributed by atoms with Gasteiger partial charge >= 0.3 is 0 Å². The zero-order chi connectivity index (χ0) is 11.1. The molecule has 0 bridgehead atoms. The van der Waals surface area contributed by atoms with E-state index < -0.39 is 0 Å². The number of unbranched alkanes of at least 4 members (excludes halogenated alkanes) is 2. The van der Waals surface area contributed by atoms with Crippen molar-refractivity contribution < 1.29 is 0 Å². The third-order valence-electron chi connectivity index (χ3n) is 2.26. The molecule has 5 heteroatoms. The van der Waals surface area contributed by atoms with Crippen molar-refractivity contribution in [2.24, 2.45) is 0 Å². The molecule has 1 aromatic rings. The standard InChI is InChI=1S/C10H20N4S/c1-3-5-7-14(8-6-4-2)10-13-12-9(11)15-10/h3-8H2,1-2H3,(H2,11,12). The highest BCUT2D eigenvalue weighted by Crippen LogP contribution is 2.22. The lowest BCUT2D eigenvalue weighted by molar-refractivity contribution is 0.673. The molecule has 0 unspecified atom stereocenters. The van der Waals surface area contributed by atoms with Gasteiger partial charge in [0.15, 0.2) is 0 Å². The first-order chi connectivity index (χ1) is 7.27. The quantitative estimate of drug-likeness (QED) is 0.779. The van der Waals surface area contributed by atoms with Crippen LogP contribution in [0.2, 0.25) is 0 Å². The summed E-state index contributed by atoms with van der Waals surface area (Å²) >= 11 is 1.48. The minimum absolute atomic E-state index is 0.558. The van der Waals surface area contributed by atoms with E-state index in [1.54, 1.807) is 0 Å². The van der Waals surface area contributed by atoms with Gasteiger partial charge in [0.05, 0.1) is 0 Å². The molecule has 0 saturated heterocycles. The molecule has 1 rings (SSSR count). The van der Waals surface area contributed by atoms with E-state index in [1.165, 1.54) is 37.0 Å². The average Bonchev–Trinajstić information content (AvgIpc) is 2.65. The fourth-order valence-corrected chi connectivity index (χ4v) is 2.02. The summed E-state index contributed by atoms with van der Waals surface area (Å²) in [5.74, 6) is 0. The largest absolute Gasteiger partial charge is 0.374 e. The normalized spacial score (nSPS) is 10.5. The van der Waals surface area contributed by atoms with Crippen LogP contribution in [0.4, 0.5) is 10.3 Å². The van der Waals surface area contributed by atoms with Gasteiger partial charge in [-0.1, -0.05) is 38.0 Å². The number of anilines is 2. The molecular weight excluding hydrogens is 208 g/mol. The molecule has 86 valence electrons. The molecular formula is C10H20N4S. The smallest absolute Gasteiger partial charge is 0.209 e. The van der Waals surface area contributed by atoms with Gasteiger partial charge in [-0.3, -0.25) is 0 Å².